The van der Waals surface area contributed by atoms with Gasteiger partial charge in [0.15, 0.2) is 5.82 Å². The van der Waals surface area contributed by atoms with Crippen LogP contribution in [0, 0.1) is 0 Å². The molecule has 1 aliphatic rings. The quantitative estimate of drug-likeness (QED) is 0.572. The van der Waals surface area contributed by atoms with Gasteiger partial charge in [-0.25, -0.2) is 18.1 Å². The minimum absolute atomic E-state index is 0.202. The number of sulfonamides is 1. The van der Waals surface area contributed by atoms with E-state index >= 15 is 0 Å². The Morgan fingerprint density at radius 3 is 2.87 bits per heavy atom. The van der Waals surface area contributed by atoms with Gasteiger partial charge in [-0.1, -0.05) is 6.07 Å². The molecule has 3 rings (SSSR count). The van der Waals surface area contributed by atoms with Crippen LogP contribution in [-0.2, 0) is 10.0 Å². The summed E-state index contributed by atoms with van der Waals surface area (Å²) in [4.78, 5) is 8.64. The SMILES string of the molecule is Nc1cnc2nc1NCCCCNS(=O)(=O)c1cccc(c1)N2. The average Bonchev–Trinajstić information content (AvgIpc) is 2.53. The number of anilines is 4. The second kappa shape index (κ2) is 6.39. The molecule has 1 aliphatic heterocycles. The predicted molar refractivity (Wildman–Crippen MR) is 89.1 cm³/mol. The van der Waals surface area contributed by atoms with E-state index in [0.29, 0.717) is 42.7 Å². The van der Waals surface area contributed by atoms with Gasteiger partial charge < -0.3 is 16.4 Å². The van der Waals surface area contributed by atoms with Crippen molar-refractivity contribution in [3.8, 4) is 0 Å². The van der Waals surface area contributed by atoms with Crippen LogP contribution < -0.4 is 21.1 Å². The molecule has 0 fully saturated rings. The standard InChI is InChI=1S/C14H18N6O2S/c15-12-9-17-14-19-10-4-3-5-11(8-10)23(21,22)18-7-2-1-6-16-13(12)20-14/h3-5,8-9,18H,1-2,6-7,15H2,(H2,16,17,19,20). The highest BCUT2D eigenvalue weighted by Gasteiger charge is 2.14. The fraction of sp³-hybridized carbons (Fsp3) is 0.286. The zero-order valence-corrected chi connectivity index (χ0v) is 13.2. The van der Waals surface area contributed by atoms with Crippen LogP contribution in [0.25, 0.3) is 0 Å². The molecule has 122 valence electrons. The Bertz CT molecular complexity index is 809. The molecule has 0 unspecified atom stereocenters. The van der Waals surface area contributed by atoms with Gasteiger partial charge in [-0.3, -0.25) is 0 Å². The highest BCUT2D eigenvalue weighted by atomic mass is 32.2. The van der Waals surface area contributed by atoms with Crippen molar-refractivity contribution in [2.75, 3.05) is 29.5 Å². The Morgan fingerprint density at radius 1 is 1.17 bits per heavy atom. The maximum atomic E-state index is 12.3. The molecule has 5 N–H and O–H groups in total. The van der Waals surface area contributed by atoms with E-state index in [4.69, 9.17) is 5.73 Å². The number of nitrogens with one attached hydrogen (secondary N) is 3. The Kier molecular flexibility index (Phi) is 4.30. The highest BCUT2D eigenvalue weighted by Crippen LogP contribution is 2.21. The van der Waals surface area contributed by atoms with Gasteiger partial charge in [0, 0.05) is 18.8 Å². The fourth-order valence-electron chi connectivity index (χ4n) is 2.21. The zero-order chi connectivity index (χ0) is 16.3. The van der Waals surface area contributed by atoms with E-state index in [-0.39, 0.29) is 4.90 Å². The van der Waals surface area contributed by atoms with Crippen molar-refractivity contribution in [1.82, 2.24) is 14.7 Å². The van der Waals surface area contributed by atoms with Crippen LogP contribution in [0.4, 0.5) is 23.1 Å². The summed E-state index contributed by atoms with van der Waals surface area (Å²) in [5.74, 6) is 0.914. The van der Waals surface area contributed by atoms with E-state index in [1.54, 1.807) is 24.3 Å². The van der Waals surface area contributed by atoms with Crippen molar-refractivity contribution in [3.05, 3.63) is 30.5 Å². The molecule has 23 heavy (non-hydrogen) atoms. The lowest BCUT2D eigenvalue weighted by atomic mass is 10.3. The van der Waals surface area contributed by atoms with Crippen molar-refractivity contribution < 1.29 is 8.42 Å². The van der Waals surface area contributed by atoms with Gasteiger partial charge >= 0.3 is 0 Å². The maximum Gasteiger partial charge on any atom is 0.240 e. The van der Waals surface area contributed by atoms with Crippen molar-refractivity contribution >= 4 is 33.2 Å². The lowest BCUT2D eigenvalue weighted by Gasteiger charge is -2.13. The fourth-order valence-corrected chi connectivity index (χ4v) is 3.33. The van der Waals surface area contributed by atoms with Gasteiger partial charge in [-0.2, -0.15) is 4.98 Å². The first-order valence-electron chi connectivity index (χ1n) is 7.28. The summed E-state index contributed by atoms with van der Waals surface area (Å²) in [5, 5.41) is 6.13. The van der Waals surface area contributed by atoms with Crippen molar-refractivity contribution in [3.63, 3.8) is 0 Å². The highest BCUT2D eigenvalue weighted by molar-refractivity contribution is 7.89. The van der Waals surface area contributed by atoms with Gasteiger partial charge in [0.05, 0.1) is 16.8 Å². The number of benzene rings is 1. The molecular weight excluding hydrogens is 316 g/mol. The normalized spacial score (nSPS) is 17.4. The molecule has 4 bridgehead atoms. The molecule has 8 nitrogen and oxygen atoms in total. The van der Waals surface area contributed by atoms with Crippen molar-refractivity contribution in [1.29, 1.82) is 0 Å². The molecule has 0 spiro atoms. The molecule has 9 heteroatoms. The first kappa shape index (κ1) is 15.5. The summed E-state index contributed by atoms with van der Waals surface area (Å²) in [6.07, 6.45) is 3.02. The van der Waals surface area contributed by atoms with Crippen LogP contribution >= 0.6 is 0 Å². The van der Waals surface area contributed by atoms with E-state index in [0.717, 1.165) is 6.42 Å². The molecular formula is C14H18N6O2S. The lowest BCUT2D eigenvalue weighted by molar-refractivity contribution is 0.577. The van der Waals surface area contributed by atoms with Crippen molar-refractivity contribution in [2.24, 2.45) is 0 Å². The van der Waals surface area contributed by atoms with Gasteiger partial charge in [0.2, 0.25) is 16.0 Å². The van der Waals surface area contributed by atoms with E-state index < -0.39 is 10.0 Å². The summed E-state index contributed by atoms with van der Waals surface area (Å²) in [5.41, 5.74) is 6.91. The molecule has 0 saturated heterocycles. The summed E-state index contributed by atoms with van der Waals surface area (Å²) in [7, 11) is -3.52. The average molecular weight is 334 g/mol. The number of fused-ring (bicyclic) bond motifs is 4. The molecule has 0 atom stereocenters. The zero-order valence-electron chi connectivity index (χ0n) is 12.4. The van der Waals surface area contributed by atoms with Crippen LogP contribution in [0.3, 0.4) is 0 Å². The summed E-state index contributed by atoms with van der Waals surface area (Å²) in [6, 6.07) is 6.51. The third-order valence-electron chi connectivity index (χ3n) is 3.41. The first-order chi connectivity index (χ1) is 11.0. The molecule has 1 aromatic heterocycles. The Labute approximate surface area is 134 Å². The third kappa shape index (κ3) is 3.69. The number of aromatic nitrogens is 2. The monoisotopic (exact) mass is 334 g/mol. The Balaban J connectivity index is 1.99. The van der Waals surface area contributed by atoms with Crippen LogP contribution in [0.5, 0.6) is 0 Å². The van der Waals surface area contributed by atoms with E-state index in [2.05, 4.69) is 25.3 Å². The number of nitrogens with zero attached hydrogens (tertiary/aromatic N) is 2. The second-order valence-corrected chi connectivity index (χ2v) is 6.95. The molecule has 2 heterocycles. The smallest absolute Gasteiger partial charge is 0.240 e. The van der Waals surface area contributed by atoms with Gasteiger partial charge in [-0.15, -0.1) is 0 Å². The Hall–Kier alpha value is -2.39. The number of nitrogen functional groups attached to an aromatic ring is 1. The van der Waals surface area contributed by atoms with Crippen LogP contribution in [0.15, 0.2) is 35.4 Å². The Morgan fingerprint density at radius 2 is 2.00 bits per heavy atom. The van der Waals surface area contributed by atoms with Crippen LogP contribution in [0.1, 0.15) is 12.8 Å². The summed E-state index contributed by atoms with van der Waals surface area (Å²) >= 11 is 0. The topological polar surface area (TPSA) is 122 Å². The largest absolute Gasteiger partial charge is 0.394 e. The summed E-state index contributed by atoms with van der Waals surface area (Å²) in [6.45, 7) is 1.03. The van der Waals surface area contributed by atoms with E-state index in [1.165, 1.54) is 6.20 Å². The molecule has 2 aromatic rings. The minimum atomic E-state index is -3.52. The van der Waals surface area contributed by atoms with Gasteiger partial charge in [-0.05, 0) is 31.0 Å². The molecule has 0 radical (unpaired) electrons. The molecule has 0 amide bonds. The number of rotatable bonds is 0. The maximum absolute atomic E-state index is 12.3. The number of nitrogens with two attached hydrogens (primary N) is 1. The van der Waals surface area contributed by atoms with Gasteiger partial charge in [0.25, 0.3) is 0 Å². The number of hydrogen-bond donors (Lipinski definition) is 4. The van der Waals surface area contributed by atoms with Crippen molar-refractivity contribution in [2.45, 2.75) is 17.7 Å². The van der Waals surface area contributed by atoms with Crippen LogP contribution in [0.2, 0.25) is 0 Å². The lowest BCUT2D eigenvalue weighted by Crippen LogP contribution is -2.25. The van der Waals surface area contributed by atoms with E-state index in [9.17, 15) is 8.42 Å². The van der Waals surface area contributed by atoms with E-state index in [1.807, 2.05) is 0 Å². The molecule has 1 aromatic carbocycles. The first-order valence-corrected chi connectivity index (χ1v) is 8.76. The third-order valence-corrected chi connectivity index (χ3v) is 4.86. The molecule has 0 aliphatic carbocycles. The minimum Gasteiger partial charge on any atom is -0.394 e. The molecule has 0 saturated carbocycles. The van der Waals surface area contributed by atoms with Crippen LogP contribution in [-0.4, -0.2) is 31.5 Å². The predicted octanol–water partition coefficient (Wildman–Crippen LogP) is 1.29. The van der Waals surface area contributed by atoms with Gasteiger partial charge in [0.1, 0.15) is 0 Å². The summed E-state index contributed by atoms with van der Waals surface area (Å²) < 4.78 is 27.1. The second-order valence-electron chi connectivity index (χ2n) is 5.18. The number of hydrogen-bond acceptors (Lipinski definition) is 7.